The Morgan fingerprint density at radius 2 is 1.48 bits per heavy atom. The fourth-order valence-electron chi connectivity index (χ4n) is 2.05. The third kappa shape index (κ3) is 5.40. The zero-order chi connectivity index (χ0) is 19.2. The van der Waals surface area contributed by atoms with E-state index in [-0.39, 0.29) is 10.0 Å². The summed E-state index contributed by atoms with van der Waals surface area (Å²) in [4.78, 5) is 15.9. The van der Waals surface area contributed by atoms with Crippen LogP contribution in [0.3, 0.4) is 0 Å². The summed E-state index contributed by atoms with van der Waals surface area (Å²) in [5.41, 5.74) is 6.26. The molecular formula is C18H13Cl3N4O2. The number of hydrazine groups is 1. The normalized spacial score (nSPS) is 10.2. The minimum absolute atomic E-state index is 0.275. The average molecular weight is 424 g/mol. The summed E-state index contributed by atoms with van der Waals surface area (Å²) < 4.78 is 5.67. The number of nitrogens with one attached hydrogen (secondary N) is 3. The summed E-state index contributed by atoms with van der Waals surface area (Å²) in [6, 6.07) is 12.9. The van der Waals surface area contributed by atoms with Gasteiger partial charge in [0.25, 0.3) is 0 Å². The Balaban J connectivity index is 1.54. The molecule has 0 radical (unpaired) electrons. The van der Waals surface area contributed by atoms with E-state index in [1.54, 1.807) is 48.8 Å². The molecule has 1 aromatic heterocycles. The van der Waals surface area contributed by atoms with Crippen LogP contribution in [0.25, 0.3) is 0 Å². The number of amides is 2. The Morgan fingerprint density at radius 1 is 0.852 bits per heavy atom. The van der Waals surface area contributed by atoms with Crippen LogP contribution in [0.4, 0.5) is 16.2 Å². The van der Waals surface area contributed by atoms with E-state index in [2.05, 4.69) is 21.2 Å². The van der Waals surface area contributed by atoms with Gasteiger partial charge in [-0.3, -0.25) is 15.8 Å². The topological polar surface area (TPSA) is 75.3 Å². The lowest BCUT2D eigenvalue weighted by Crippen LogP contribution is -2.33. The van der Waals surface area contributed by atoms with Gasteiger partial charge in [0.2, 0.25) is 0 Å². The summed E-state index contributed by atoms with van der Waals surface area (Å²) in [5.74, 6) is 1.33. The van der Waals surface area contributed by atoms with E-state index in [1.165, 1.54) is 12.1 Å². The van der Waals surface area contributed by atoms with Crippen molar-refractivity contribution in [3.8, 4) is 11.5 Å². The van der Waals surface area contributed by atoms with Gasteiger partial charge in [-0.2, -0.15) is 0 Å². The van der Waals surface area contributed by atoms with Gasteiger partial charge in [0.05, 0.1) is 26.4 Å². The smallest absolute Gasteiger partial charge is 0.337 e. The molecule has 3 N–H and O–H groups in total. The first-order valence-electron chi connectivity index (χ1n) is 7.67. The minimum Gasteiger partial charge on any atom is -0.457 e. The van der Waals surface area contributed by atoms with Crippen molar-refractivity contribution in [3.63, 3.8) is 0 Å². The number of hydrogen-bond donors (Lipinski definition) is 3. The molecule has 0 unspecified atom stereocenters. The van der Waals surface area contributed by atoms with E-state index < -0.39 is 6.03 Å². The highest BCUT2D eigenvalue weighted by atomic mass is 35.5. The highest BCUT2D eigenvalue weighted by Crippen LogP contribution is 2.32. The quantitative estimate of drug-likeness (QED) is 0.348. The highest BCUT2D eigenvalue weighted by molar-refractivity contribution is 6.44. The van der Waals surface area contributed by atoms with Gasteiger partial charge in [-0.15, -0.1) is 0 Å². The molecule has 2 aromatic carbocycles. The molecule has 0 aliphatic carbocycles. The number of halogens is 3. The standard InChI is InChI=1S/C18H13Cl3N4O2/c19-14-9-16(21)17(10-15(14)20)23-18(26)25-24-11-1-3-12(4-2-11)27-13-5-7-22-8-6-13/h1-10,24H,(H2,23,25,26). The fraction of sp³-hybridized carbons (Fsp3) is 0. The van der Waals surface area contributed by atoms with E-state index >= 15 is 0 Å². The molecule has 3 rings (SSSR count). The third-order valence-electron chi connectivity index (χ3n) is 3.32. The number of hydrogen-bond acceptors (Lipinski definition) is 4. The predicted molar refractivity (Wildman–Crippen MR) is 108 cm³/mol. The number of aromatic nitrogens is 1. The maximum atomic E-state index is 12.0. The lowest BCUT2D eigenvalue weighted by Gasteiger charge is -2.12. The predicted octanol–water partition coefficient (Wildman–Crippen LogP) is 5.98. The molecule has 27 heavy (non-hydrogen) atoms. The second-order valence-electron chi connectivity index (χ2n) is 5.26. The van der Waals surface area contributed by atoms with Crippen LogP contribution in [0.1, 0.15) is 0 Å². The lowest BCUT2D eigenvalue weighted by molar-refractivity contribution is 0.254. The summed E-state index contributed by atoms with van der Waals surface area (Å²) in [5, 5.41) is 3.44. The number of rotatable bonds is 5. The monoisotopic (exact) mass is 422 g/mol. The Labute approximate surface area is 170 Å². The number of benzene rings is 2. The molecule has 0 aliphatic heterocycles. The number of carbonyl (C=O) groups is 1. The van der Waals surface area contributed by atoms with Crippen molar-refractivity contribution in [1.82, 2.24) is 10.4 Å². The van der Waals surface area contributed by atoms with Gasteiger partial charge >= 0.3 is 6.03 Å². The number of carbonyl (C=O) groups excluding carboxylic acids is 1. The van der Waals surface area contributed by atoms with Gasteiger partial charge < -0.3 is 10.1 Å². The number of ether oxygens (including phenoxy) is 1. The van der Waals surface area contributed by atoms with Crippen molar-refractivity contribution in [2.75, 3.05) is 10.7 Å². The number of nitrogens with zero attached hydrogens (tertiary/aromatic N) is 1. The molecular weight excluding hydrogens is 411 g/mol. The second-order valence-corrected chi connectivity index (χ2v) is 6.48. The number of urea groups is 1. The van der Waals surface area contributed by atoms with Gasteiger partial charge in [0.15, 0.2) is 0 Å². The summed E-state index contributed by atoms with van der Waals surface area (Å²) >= 11 is 17.8. The van der Waals surface area contributed by atoms with Crippen LogP contribution < -0.4 is 20.9 Å². The zero-order valence-corrected chi connectivity index (χ0v) is 15.9. The van der Waals surface area contributed by atoms with Crippen LogP contribution in [-0.2, 0) is 0 Å². The number of pyridine rings is 1. The first kappa shape index (κ1) is 19.1. The van der Waals surface area contributed by atoms with Gasteiger partial charge in [0, 0.05) is 12.4 Å². The summed E-state index contributed by atoms with van der Waals surface area (Å²) in [6.07, 6.45) is 3.29. The van der Waals surface area contributed by atoms with Crippen molar-refractivity contribution in [2.24, 2.45) is 0 Å². The van der Waals surface area contributed by atoms with E-state index in [0.717, 1.165) is 0 Å². The first-order chi connectivity index (χ1) is 13.0. The van der Waals surface area contributed by atoms with Gasteiger partial charge in [-0.05, 0) is 48.5 Å². The van der Waals surface area contributed by atoms with E-state index in [0.29, 0.717) is 27.9 Å². The molecule has 0 fully saturated rings. The summed E-state index contributed by atoms with van der Waals surface area (Å²) in [6.45, 7) is 0. The molecule has 1 heterocycles. The molecule has 0 saturated carbocycles. The third-order valence-corrected chi connectivity index (χ3v) is 4.35. The van der Waals surface area contributed by atoms with Crippen LogP contribution in [0, 0.1) is 0 Å². The zero-order valence-electron chi connectivity index (χ0n) is 13.7. The van der Waals surface area contributed by atoms with Gasteiger partial charge in [-0.1, -0.05) is 34.8 Å². The maximum absolute atomic E-state index is 12.0. The van der Waals surface area contributed by atoms with Crippen LogP contribution in [-0.4, -0.2) is 11.0 Å². The maximum Gasteiger partial charge on any atom is 0.337 e. The van der Waals surface area contributed by atoms with Gasteiger partial charge in [-0.25, -0.2) is 4.79 Å². The molecule has 0 spiro atoms. The van der Waals surface area contributed by atoms with Crippen molar-refractivity contribution >= 4 is 52.2 Å². The van der Waals surface area contributed by atoms with Crippen LogP contribution in [0.15, 0.2) is 60.9 Å². The molecule has 138 valence electrons. The van der Waals surface area contributed by atoms with E-state index in [9.17, 15) is 4.79 Å². The van der Waals surface area contributed by atoms with E-state index in [1.807, 2.05) is 0 Å². The van der Waals surface area contributed by atoms with Crippen LogP contribution in [0.2, 0.25) is 15.1 Å². The molecule has 0 bridgehead atoms. The average Bonchev–Trinajstić information content (AvgIpc) is 2.66. The van der Waals surface area contributed by atoms with Crippen molar-refractivity contribution in [1.29, 1.82) is 0 Å². The van der Waals surface area contributed by atoms with Crippen molar-refractivity contribution in [2.45, 2.75) is 0 Å². The number of anilines is 2. The van der Waals surface area contributed by atoms with Crippen molar-refractivity contribution < 1.29 is 9.53 Å². The highest BCUT2D eigenvalue weighted by Gasteiger charge is 2.09. The molecule has 6 nitrogen and oxygen atoms in total. The second kappa shape index (κ2) is 8.81. The van der Waals surface area contributed by atoms with Crippen molar-refractivity contribution in [3.05, 3.63) is 76.0 Å². The fourth-order valence-corrected chi connectivity index (χ4v) is 2.64. The Hall–Kier alpha value is -2.67. The Kier molecular flexibility index (Phi) is 6.24. The summed E-state index contributed by atoms with van der Waals surface area (Å²) in [7, 11) is 0. The SMILES string of the molecule is O=C(NNc1ccc(Oc2ccncc2)cc1)Nc1cc(Cl)c(Cl)cc1Cl. The minimum atomic E-state index is -0.521. The van der Waals surface area contributed by atoms with Crippen LogP contribution in [0.5, 0.6) is 11.5 Å². The molecule has 0 atom stereocenters. The molecule has 0 saturated heterocycles. The van der Waals surface area contributed by atoms with Gasteiger partial charge in [0.1, 0.15) is 11.5 Å². The first-order valence-corrected chi connectivity index (χ1v) is 8.80. The lowest BCUT2D eigenvalue weighted by atomic mass is 10.3. The molecule has 2 amide bonds. The molecule has 0 aliphatic rings. The molecule has 3 aromatic rings. The van der Waals surface area contributed by atoms with E-state index in [4.69, 9.17) is 39.5 Å². The largest absolute Gasteiger partial charge is 0.457 e. The van der Waals surface area contributed by atoms with Crippen LogP contribution >= 0.6 is 34.8 Å². The molecule has 9 heteroatoms. The Morgan fingerprint density at radius 3 is 2.19 bits per heavy atom. The Bertz CT molecular complexity index is 937.